The Morgan fingerprint density at radius 2 is 1.85 bits per heavy atom. The van der Waals surface area contributed by atoms with Crippen LogP contribution in [-0.4, -0.2) is 17.0 Å². The van der Waals surface area contributed by atoms with Crippen LogP contribution in [0.2, 0.25) is 0 Å². The van der Waals surface area contributed by atoms with Gasteiger partial charge in [-0.2, -0.15) is 0 Å². The van der Waals surface area contributed by atoms with Crippen LogP contribution in [0.15, 0.2) is 34.7 Å². The number of carboxylic acids is 1. The highest BCUT2D eigenvalue weighted by Crippen LogP contribution is 2.13. The fraction of sp³-hybridized carbons (Fsp3) is 0.200. The SMILES string of the molecule is Cc1cc(C(=O)NCc2ccc(C(=O)O)cc2)c(C)o1. The number of aromatic carboxylic acids is 1. The van der Waals surface area contributed by atoms with E-state index in [9.17, 15) is 9.59 Å². The summed E-state index contributed by atoms with van der Waals surface area (Å²) in [6, 6.07) is 8.07. The summed E-state index contributed by atoms with van der Waals surface area (Å²) in [4.78, 5) is 22.7. The summed E-state index contributed by atoms with van der Waals surface area (Å²) in [6.07, 6.45) is 0. The van der Waals surface area contributed by atoms with Gasteiger partial charge >= 0.3 is 5.97 Å². The molecule has 0 bridgehead atoms. The lowest BCUT2D eigenvalue weighted by Crippen LogP contribution is -2.23. The summed E-state index contributed by atoms with van der Waals surface area (Å²) in [5.41, 5.74) is 1.58. The van der Waals surface area contributed by atoms with E-state index in [4.69, 9.17) is 9.52 Å². The summed E-state index contributed by atoms with van der Waals surface area (Å²) in [7, 11) is 0. The Morgan fingerprint density at radius 3 is 2.35 bits per heavy atom. The minimum absolute atomic E-state index is 0.207. The molecule has 0 fully saturated rings. The Morgan fingerprint density at radius 1 is 1.20 bits per heavy atom. The van der Waals surface area contributed by atoms with E-state index in [0.717, 1.165) is 5.56 Å². The summed E-state index contributed by atoms with van der Waals surface area (Å²) >= 11 is 0. The molecule has 0 saturated carbocycles. The zero-order valence-corrected chi connectivity index (χ0v) is 11.3. The minimum Gasteiger partial charge on any atom is -0.478 e. The van der Waals surface area contributed by atoms with Gasteiger partial charge < -0.3 is 14.8 Å². The van der Waals surface area contributed by atoms with E-state index in [1.807, 2.05) is 0 Å². The van der Waals surface area contributed by atoms with E-state index < -0.39 is 5.97 Å². The Hall–Kier alpha value is -2.56. The second-order valence-electron chi connectivity index (χ2n) is 4.51. The highest BCUT2D eigenvalue weighted by atomic mass is 16.4. The van der Waals surface area contributed by atoms with Gasteiger partial charge in [0.2, 0.25) is 0 Å². The van der Waals surface area contributed by atoms with Gasteiger partial charge in [-0.3, -0.25) is 4.79 Å². The minimum atomic E-state index is -0.968. The highest BCUT2D eigenvalue weighted by molar-refractivity contribution is 5.95. The van der Waals surface area contributed by atoms with Crippen molar-refractivity contribution in [3.05, 3.63) is 58.5 Å². The number of benzene rings is 1. The molecule has 0 aliphatic rings. The molecule has 2 aromatic rings. The molecule has 0 atom stereocenters. The third kappa shape index (κ3) is 3.06. The third-order valence-electron chi connectivity index (χ3n) is 2.94. The number of nitrogens with one attached hydrogen (secondary N) is 1. The smallest absolute Gasteiger partial charge is 0.335 e. The molecular formula is C15H15NO4. The van der Waals surface area contributed by atoms with Gasteiger partial charge in [0.1, 0.15) is 11.5 Å². The number of furan rings is 1. The van der Waals surface area contributed by atoms with Crippen LogP contribution in [-0.2, 0) is 6.54 Å². The predicted octanol–water partition coefficient (Wildman–Crippen LogP) is 2.52. The van der Waals surface area contributed by atoms with Crippen LogP contribution in [0.3, 0.4) is 0 Å². The maximum absolute atomic E-state index is 12.0. The van der Waals surface area contributed by atoms with Crippen LogP contribution in [0.4, 0.5) is 0 Å². The molecule has 5 heteroatoms. The van der Waals surface area contributed by atoms with Crippen molar-refractivity contribution in [2.45, 2.75) is 20.4 Å². The van der Waals surface area contributed by atoms with E-state index in [2.05, 4.69) is 5.32 Å². The number of carbonyl (C=O) groups is 2. The van der Waals surface area contributed by atoms with Crippen molar-refractivity contribution >= 4 is 11.9 Å². The van der Waals surface area contributed by atoms with Crippen molar-refractivity contribution in [2.75, 3.05) is 0 Å². The van der Waals surface area contributed by atoms with Crippen molar-refractivity contribution in [1.29, 1.82) is 0 Å². The first-order valence-electron chi connectivity index (χ1n) is 6.15. The Kier molecular flexibility index (Phi) is 3.89. The number of hydrogen-bond acceptors (Lipinski definition) is 3. The van der Waals surface area contributed by atoms with Crippen molar-refractivity contribution in [3.8, 4) is 0 Å². The number of amides is 1. The summed E-state index contributed by atoms with van der Waals surface area (Å²) in [6.45, 7) is 3.86. The molecule has 0 aliphatic heterocycles. The number of hydrogen-bond donors (Lipinski definition) is 2. The van der Waals surface area contributed by atoms with Gasteiger partial charge in [0, 0.05) is 6.54 Å². The molecule has 20 heavy (non-hydrogen) atoms. The molecule has 5 nitrogen and oxygen atoms in total. The molecule has 1 aromatic heterocycles. The lowest BCUT2D eigenvalue weighted by atomic mass is 10.1. The molecule has 2 rings (SSSR count). The van der Waals surface area contributed by atoms with Gasteiger partial charge in [0.25, 0.3) is 5.91 Å². The summed E-state index contributed by atoms with van der Waals surface area (Å²) in [5.74, 6) is 0.103. The molecule has 0 saturated heterocycles. The van der Waals surface area contributed by atoms with Gasteiger partial charge in [-0.1, -0.05) is 12.1 Å². The quantitative estimate of drug-likeness (QED) is 0.897. The maximum Gasteiger partial charge on any atom is 0.335 e. The number of rotatable bonds is 4. The average molecular weight is 273 g/mol. The fourth-order valence-electron chi connectivity index (χ4n) is 1.90. The lowest BCUT2D eigenvalue weighted by Gasteiger charge is -2.05. The van der Waals surface area contributed by atoms with Gasteiger partial charge in [-0.05, 0) is 37.6 Å². The van der Waals surface area contributed by atoms with Crippen LogP contribution >= 0.6 is 0 Å². The molecule has 104 valence electrons. The molecule has 0 radical (unpaired) electrons. The first kappa shape index (κ1) is 13.9. The van der Waals surface area contributed by atoms with Crippen LogP contribution in [0.5, 0.6) is 0 Å². The highest BCUT2D eigenvalue weighted by Gasteiger charge is 2.13. The number of carbonyl (C=O) groups excluding carboxylic acids is 1. The molecule has 1 aromatic carbocycles. The third-order valence-corrected chi connectivity index (χ3v) is 2.94. The monoisotopic (exact) mass is 273 g/mol. The van der Waals surface area contributed by atoms with Crippen LogP contribution in [0.1, 0.15) is 37.8 Å². The van der Waals surface area contributed by atoms with E-state index in [1.54, 1.807) is 32.0 Å². The first-order valence-corrected chi connectivity index (χ1v) is 6.15. The maximum atomic E-state index is 12.0. The van der Waals surface area contributed by atoms with Gasteiger partial charge in [0.05, 0.1) is 11.1 Å². The number of carboxylic acid groups (broad SMARTS) is 1. The molecule has 0 spiro atoms. The van der Waals surface area contributed by atoms with Crippen LogP contribution in [0.25, 0.3) is 0 Å². The Bertz CT molecular complexity index is 640. The van der Waals surface area contributed by atoms with Crippen LogP contribution < -0.4 is 5.32 Å². The second-order valence-corrected chi connectivity index (χ2v) is 4.51. The topological polar surface area (TPSA) is 79.5 Å². The average Bonchev–Trinajstić information content (AvgIpc) is 2.75. The molecule has 0 aliphatic carbocycles. The van der Waals surface area contributed by atoms with E-state index in [1.165, 1.54) is 12.1 Å². The van der Waals surface area contributed by atoms with E-state index >= 15 is 0 Å². The van der Waals surface area contributed by atoms with Crippen LogP contribution in [0, 0.1) is 13.8 Å². The van der Waals surface area contributed by atoms with Crippen molar-refractivity contribution < 1.29 is 19.1 Å². The van der Waals surface area contributed by atoms with E-state index in [0.29, 0.717) is 23.6 Å². The Balaban J connectivity index is 2.00. The molecule has 1 amide bonds. The van der Waals surface area contributed by atoms with E-state index in [-0.39, 0.29) is 11.5 Å². The summed E-state index contributed by atoms with van der Waals surface area (Å²) in [5, 5.41) is 11.6. The largest absolute Gasteiger partial charge is 0.478 e. The zero-order chi connectivity index (χ0) is 14.7. The molecule has 1 heterocycles. The molecular weight excluding hydrogens is 258 g/mol. The lowest BCUT2D eigenvalue weighted by molar-refractivity contribution is 0.0696. The Labute approximate surface area is 116 Å². The van der Waals surface area contributed by atoms with Gasteiger partial charge in [-0.25, -0.2) is 4.79 Å². The summed E-state index contributed by atoms with van der Waals surface area (Å²) < 4.78 is 5.30. The zero-order valence-electron chi connectivity index (χ0n) is 11.3. The molecule has 0 unspecified atom stereocenters. The first-order chi connectivity index (χ1) is 9.47. The standard InChI is InChI=1S/C15H15NO4/c1-9-7-13(10(2)20-9)14(17)16-8-11-3-5-12(6-4-11)15(18)19/h3-7H,8H2,1-2H3,(H,16,17)(H,18,19). The van der Waals surface area contributed by atoms with Gasteiger partial charge in [0.15, 0.2) is 0 Å². The predicted molar refractivity (Wildman–Crippen MR) is 72.8 cm³/mol. The molecule has 2 N–H and O–H groups in total. The van der Waals surface area contributed by atoms with Crippen molar-refractivity contribution in [2.24, 2.45) is 0 Å². The fourth-order valence-corrected chi connectivity index (χ4v) is 1.90. The normalized spacial score (nSPS) is 10.3. The van der Waals surface area contributed by atoms with Crippen molar-refractivity contribution in [1.82, 2.24) is 5.32 Å². The van der Waals surface area contributed by atoms with Gasteiger partial charge in [-0.15, -0.1) is 0 Å². The van der Waals surface area contributed by atoms with Crippen molar-refractivity contribution in [3.63, 3.8) is 0 Å². The number of aryl methyl sites for hydroxylation is 2. The second kappa shape index (κ2) is 5.61.